The van der Waals surface area contributed by atoms with Crippen molar-refractivity contribution >= 4 is 27.7 Å². The van der Waals surface area contributed by atoms with E-state index in [4.69, 9.17) is 14.6 Å². The predicted molar refractivity (Wildman–Crippen MR) is 102 cm³/mol. The van der Waals surface area contributed by atoms with Crippen molar-refractivity contribution in [3.63, 3.8) is 0 Å². The van der Waals surface area contributed by atoms with Crippen LogP contribution in [-0.4, -0.2) is 29.1 Å². The minimum absolute atomic E-state index is 0.0714. The smallest absolute Gasteiger partial charge is 0.266 e. The number of halogens is 1. The quantitative estimate of drug-likeness (QED) is 0.382. The van der Waals surface area contributed by atoms with Gasteiger partial charge in [0.15, 0.2) is 0 Å². The maximum absolute atomic E-state index is 12.4. The predicted octanol–water partition coefficient (Wildman–Crippen LogP) is 4.46. The minimum atomic E-state index is -0.633. The lowest BCUT2D eigenvalue weighted by atomic mass is 10.1. The van der Waals surface area contributed by atoms with Gasteiger partial charge in [-0.2, -0.15) is 0 Å². The molecule has 1 atom stereocenters. The highest BCUT2D eigenvalue weighted by molar-refractivity contribution is 9.10. The van der Waals surface area contributed by atoms with Crippen molar-refractivity contribution in [3.8, 4) is 0 Å². The standard InChI is InChI=1S/C20H20BrNO5/c1-20(2,3)27-26-17(13-7-6-8-14(21)11-13)12-25-22-18(23)15-9-4-5-10-16(15)19(22)24/h4-11,17H,12H2,1-3H3. The molecule has 7 heteroatoms. The van der Waals surface area contributed by atoms with Crippen molar-refractivity contribution in [3.05, 3.63) is 69.7 Å². The molecule has 1 heterocycles. The van der Waals surface area contributed by atoms with Crippen molar-refractivity contribution in [2.24, 2.45) is 0 Å². The topological polar surface area (TPSA) is 65.1 Å². The molecule has 0 fully saturated rings. The van der Waals surface area contributed by atoms with E-state index in [9.17, 15) is 9.59 Å². The summed E-state index contributed by atoms with van der Waals surface area (Å²) in [6.45, 7) is 5.50. The first-order chi connectivity index (χ1) is 12.8. The van der Waals surface area contributed by atoms with E-state index in [2.05, 4.69) is 15.9 Å². The Hall–Kier alpha value is -2.06. The maximum atomic E-state index is 12.4. The Morgan fingerprint density at radius 1 is 1.00 bits per heavy atom. The molecule has 2 aromatic rings. The van der Waals surface area contributed by atoms with Crippen LogP contribution in [0.15, 0.2) is 53.0 Å². The van der Waals surface area contributed by atoms with Gasteiger partial charge in [-0.3, -0.25) is 14.4 Å². The number of fused-ring (bicyclic) bond motifs is 1. The zero-order valence-corrected chi connectivity index (χ0v) is 16.9. The summed E-state index contributed by atoms with van der Waals surface area (Å²) in [5.74, 6) is -0.972. The van der Waals surface area contributed by atoms with Gasteiger partial charge in [0, 0.05) is 4.47 Å². The van der Waals surface area contributed by atoms with Crippen LogP contribution in [0, 0.1) is 0 Å². The highest BCUT2D eigenvalue weighted by Crippen LogP contribution is 2.27. The average Bonchev–Trinajstić information content (AvgIpc) is 2.86. The van der Waals surface area contributed by atoms with E-state index in [1.165, 1.54) is 0 Å². The first kappa shape index (κ1) is 19.7. The SMILES string of the molecule is CC(C)(C)OOC(CON1C(=O)c2ccccc2C1=O)c1cccc(Br)c1. The van der Waals surface area contributed by atoms with Gasteiger partial charge in [0.2, 0.25) is 0 Å². The summed E-state index contributed by atoms with van der Waals surface area (Å²) in [4.78, 5) is 41.4. The summed E-state index contributed by atoms with van der Waals surface area (Å²) < 4.78 is 0.866. The van der Waals surface area contributed by atoms with Gasteiger partial charge in [-0.25, -0.2) is 9.78 Å². The molecular weight excluding hydrogens is 414 g/mol. The lowest BCUT2D eigenvalue weighted by Crippen LogP contribution is -2.32. The zero-order chi connectivity index (χ0) is 19.6. The van der Waals surface area contributed by atoms with Gasteiger partial charge in [0.25, 0.3) is 11.8 Å². The van der Waals surface area contributed by atoms with Crippen molar-refractivity contribution < 1.29 is 24.2 Å². The monoisotopic (exact) mass is 433 g/mol. The molecule has 0 saturated heterocycles. The summed E-state index contributed by atoms with van der Waals surface area (Å²) >= 11 is 3.42. The third-order valence-corrected chi connectivity index (χ3v) is 4.24. The normalized spacial score (nSPS) is 15.2. The van der Waals surface area contributed by atoms with Gasteiger partial charge in [-0.05, 0) is 50.6 Å². The molecule has 0 spiro atoms. The Balaban J connectivity index is 1.75. The van der Waals surface area contributed by atoms with E-state index >= 15 is 0 Å². The maximum Gasteiger partial charge on any atom is 0.285 e. The van der Waals surface area contributed by atoms with Gasteiger partial charge in [-0.1, -0.05) is 40.2 Å². The molecule has 0 aliphatic carbocycles. The summed E-state index contributed by atoms with van der Waals surface area (Å²) in [7, 11) is 0. The minimum Gasteiger partial charge on any atom is -0.266 e. The third-order valence-electron chi connectivity index (χ3n) is 3.75. The second-order valence-electron chi connectivity index (χ2n) is 7.08. The van der Waals surface area contributed by atoms with E-state index < -0.39 is 23.5 Å². The first-order valence-electron chi connectivity index (χ1n) is 8.47. The second-order valence-corrected chi connectivity index (χ2v) is 8.00. The van der Waals surface area contributed by atoms with Gasteiger partial charge in [0.05, 0.1) is 16.7 Å². The van der Waals surface area contributed by atoms with Crippen molar-refractivity contribution in [2.45, 2.75) is 32.5 Å². The van der Waals surface area contributed by atoms with E-state index in [-0.39, 0.29) is 6.61 Å². The Labute approximate surface area is 166 Å². The van der Waals surface area contributed by atoms with Gasteiger partial charge in [-0.15, -0.1) is 5.06 Å². The number of amides is 2. The van der Waals surface area contributed by atoms with Crippen LogP contribution in [0.25, 0.3) is 0 Å². The van der Waals surface area contributed by atoms with Crippen LogP contribution in [0.3, 0.4) is 0 Å². The number of rotatable bonds is 6. The lowest BCUT2D eigenvalue weighted by Gasteiger charge is -2.24. The Bertz CT molecular complexity index is 826. The van der Waals surface area contributed by atoms with Gasteiger partial charge in [0.1, 0.15) is 12.7 Å². The molecular formula is C20H20BrNO5. The Kier molecular flexibility index (Phi) is 5.76. The van der Waals surface area contributed by atoms with Gasteiger partial charge >= 0.3 is 0 Å². The number of nitrogens with zero attached hydrogens (tertiary/aromatic N) is 1. The highest BCUT2D eigenvalue weighted by Gasteiger charge is 2.37. The zero-order valence-electron chi connectivity index (χ0n) is 15.3. The molecule has 2 amide bonds. The summed E-state index contributed by atoms with van der Waals surface area (Å²) in [5, 5.41) is 0.774. The van der Waals surface area contributed by atoms with Crippen LogP contribution in [0.5, 0.6) is 0 Å². The van der Waals surface area contributed by atoms with Gasteiger partial charge < -0.3 is 0 Å². The molecule has 0 N–H and O–H groups in total. The second kappa shape index (κ2) is 7.90. The van der Waals surface area contributed by atoms with Crippen LogP contribution in [0.1, 0.15) is 53.2 Å². The number of hydroxylamine groups is 2. The largest absolute Gasteiger partial charge is 0.285 e. The lowest BCUT2D eigenvalue weighted by molar-refractivity contribution is -0.383. The molecule has 0 aromatic heterocycles. The Morgan fingerprint density at radius 2 is 1.63 bits per heavy atom. The number of imide groups is 1. The van der Waals surface area contributed by atoms with Crippen molar-refractivity contribution in [2.75, 3.05) is 6.61 Å². The van der Waals surface area contributed by atoms with E-state index in [1.54, 1.807) is 24.3 Å². The average molecular weight is 434 g/mol. The fourth-order valence-corrected chi connectivity index (χ4v) is 2.93. The first-order valence-corrected chi connectivity index (χ1v) is 9.26. The molecule has 1 aliphatic heterocycles. The number of benzene rings is 2. The number of carbonyl (C=O) groups excluding carboxylic acids is 2. The molecule has 27 heavy (non-hydrogen) atoms. The molecule has 142 valence electrons. The summed E-state index contributed by atoms with van der Waals surface area (Å²) in [6, 6.07) is 14.1. The summed E-state index contributed by atoms with van der Waals surface area (Å²) in [5.41, 5.74) is 0.909. The molecule has 1 unspecified atom stereocenters. The number of hydrogen-bond acceptors (Lipinski definition) is 5. The van der Waals surface area contributed by atoms with E-state index in [1.807, 2.05) is 45.0 Å². The fraction of sp³-hybridized carbons (Fsp3) is 0.300. The van der Waals surface area contributed by atoms with E-state index in [0.717, 1.165) is 15.1 Å². The van der Waals surface area contributed by atoms with Crippen LogP contribution in [0.4, 0.5) is 0 Å². The van der Waals surface area contributed by atoms with Crippen LogP contribution >= 0.6 is 15.9 Å². The van der Waals surface area contributed by atoms with Crippen LogP contribution in [0.2, 0.25) is 0 Å². The molecule has 0 radical (unpaired) electrons. The van der Waals surface area contributed by atoms with Crippen molar-refractivity contribution in [1.29, 1.82) is 0 Å². The molecule has 3 rings (SSSR count). The highest BCUT2D eigenvalue weighted by atomic mass is 79.9. The molecule has 2 aromatic carbocycles. The van der Waals surface area contributed by atoms with E-state index in [0.29, 0.717) is 11.1 Å². The van der Waals surface area contributed by atoms with Crippen LogP contribution < -0.4 is 0 Å². The van der Waals surface area contributed by atoms with Crippen LogP contribution in [-0.2, 0) is 14.6 Å². The molecule has 0 bridgehead atoms. The molecule has 6 nitrogen and oxygen atoms in total. The number of carbonyl (C=O) groups is 2. The molecule has 0 saturated carbocycles. The molecule has 1 aliphatic rings. The third kappa shape index (κ3) is 4.62. The number of hydrogen-bond donors (Lipinski definition) is 0. The fourth-order valence-electron chi connectivity index (χ4n) is 2.52. The Morgan fingerprint density at radius 3 is 2.19 bits per heavy atom. The van der Waals surface area contributed by atoms with Crippen molar-refractivity contribution in [1.82, 2.24) is 5.06 Å². The summed E-state index contributed by atoms with van der Waals surface area (Å²) in [6.07, 6.45) is -0.633.